The first kappa shape index (κ1) is 15.2. The Morgan fingerprint density at radius 3 is 3.08 bits per heavy atom. The van der Waals surface area contributed by atoms with Gasteiger partial charge in [-0.2, -0.15) is 0 Å². The molecular formula is C12H10BN5O4S2. The molecule has 122 valence electrons. The Morgan fingerprint density at radius 2 is 2.38 bits per heavy atom. The molecule has 24 heavy (non-hydrogen) atoms. The monoisotopic (exact) mass is 363 g/mol. The molecule has 0 amide bonds. The highest BCUT2D eigenvalue weighted by molar-refractivity contribution is 8.02. The number of aromatic carboxylic acids is 1. The molecule has 0 bridgehead atoms. The van der Waals surface area contributed by atoms with Gasteiger partial charge in [-0.15, -0.1) is 10.2 Å². The number of hydrogen-bond acceptors (Lipinski definition) is 9. The zero-order valence-electron chi connectivity index (χ0n) is 12.0. The summed E-state index contributed by atoms with van der Waals surface area (Å²) in [5, 5.41) is 27.4. The second-order valence-corrected chi connectivity index (χ2v) is 7.61. The molecule has 4 rings (SSSR count). The summed E-state index contributed by atoms with van der Waals surface area (Å²) in [6, 6.07) is 1.79. The molecule has 12 heteroatoms. The average molecular weight is 363 g/mol. The van der Waals surface area contributed by atoms with E-state index >= 15 is 0 Å². The predicted molar refractivity (Wildman–Crippen MR) is 89.3 cm³/mol. The molecular weight excluding hydrogens is 353 g/mol. The lowest BCUT2D eigenvalue weighted by atomic mass is 9.77. The molecule has 1 aromatic carbocycles. The number of rotatable bonds is 3. The number of nitrogens with one attached hydrogen (secondary N) is 1. The van der Waals surface area contributed by atoms with Crippen molar-refractivity contribution in [2.45, 2.75) is 15.9 Å². The van der Waals surface area contributed by atoms with Gasteiger partial charge < -0.3 is 25.5 Å². The summed E-state index contributed by atoms with van der Waals surface area (Å²) in [6.07, 6.45) is 1.84. The van der Waals surface area contributed by atoms with Gasteiger partial charge in [-0.1, -0.05) is 23.1 Å². The van der Waals surface area contributed by atoms with E-state index in [0.29, 0.717) is 32.5 Å². The van der Waals surface area contributed by atoms with Crippen molar-refractivity contribution in [1.82, 2.24) is 20.2 Å². The maximum atomic E-state index is 11.6. The van der Waals surface area contributed by atoms with E-state index in [1.54, 1.807) is 6.07 Å². The first-order valence-electron chi connectivity index (χ1n) is 6.85. The number of carboxylic acids is 1. The Balaban J connectivity index is 1.74. The Bertz CT molecular complexity index is 945. The number of fused-ring (bicyclic) bond motifs is 2. The first-order valence-corrected chi connectivity index (χ1v) is 8.55. The zero-order valence-corrected chi connectivity index (χ0v) is 13.6. The van der Waals surface area contributed by atoms with E-state index in [-0.39, 0.29) is 16.5 Å². The van der Waals surface area contributed by atoms with Gasteiger partial charge in [0.15, 0.2) is 4.34 Å². The quantitative estimate of drug-likeness (QED) is 0.496. The Labute approximate surface area is 143 Å². The number of thioether (sulfide) groups is 1. The van der Waals surface area contributed by atoms with E-state index in [4.69, 9.17) is 10.4 Å². The van der Waals surface area contributed by atoms with Crippen LogP contribution in [0.1, 0.15) is 15.9 Å². The van der Waals surface area contributed by atoms with E-state index in [1.165, 1.54) is 29.4 Å². The summed E-state index contributed by atoms with van der Waals surface area (Å²) in [7, 11) is -1.18. The minimum absolute atomic E-state index is 0.0496. The van der Waals surface area contributed by atoms with Crippen molar-refractivity contribution in [3.63, 3.8) is 0 Å². The number of carbonyl (C=O) groups is 1. The largest absolute Gasteiger partial charge is 0.537 e. The van der Waals surface area contributed by atoms with Crippen LogP contribution in [0.3, 0.4) is 0 Å². The molecule has 5 N–H and O–H groups in total. The number of imidazole rings is 1. The van der Waals surface area contributed by atoms with Crippen molar-refractivity contribution in [2.75, 3.05) is 5.73 Å². The summed E-state index contributed by atoms with van der Waals surface area (Å²) in [4.78, 5) is 18.6. The smallest absolute Gasteiger partial charge is 0.535 e. The number of aromatic nitrogens is 4. The minimum Gasteiger partial charge on any atom is -0.535 e. The molecule has 1 aliphatic heterocycles. The van der Waals surface area contributed by atoms with E-state index in [1.807, 2.05) is 0 Å². The number of nitrogen functional groups attached to an aromatic ring is 1. The average Bonchev–Trinajstić information content (AvgIpc) is 3.14. The molecule has 0 saturated heterocycles. The summed E-state index contributed by atoms with van der Waals surface area (Å²) in [6.45, 7) is 0. The van der Waals surface area contributed by atoms with Crippen molar-refractivity contribution in [2.24, 2.45) is 0 Å². The molecule has 0 unspecified atom stereocenters. The van der Waals surface area contributed by atoms with Gasteiger partial charge in [-0.3, -0.25) is 0 Å². The third kappa shape index (κ3) is 2.48. The van der Waals surface area contributed by atoms with Crippen LogP contribution in [0.25, 0.3) is 11.0 Å². The summed E-state index contributed by atoms with van der Waals surface area (Å²) >= 11 is 2.51. The van der Waals surface area contributed by atoms with Crippen LogP contribution in [0.2, 0.25) is 0 Å². The van der Waals surface area contributed by atoms with Crippen molar-refractivity contribution in [3.05, 3.63) is 23.5 Å². The molecule has 3 heterocycles. The number of H-pyrrole nitrogens is 1. The second kappa shape index (κ2) is 5.65. The first-order chi connectivity index (χ1) is 11.5. The number of anilines is 1. The minimum atomic E-state index is -1.18. The van der Waals surface area contributed by atoms with Gasteiger partial charge in [0.05, 0.1) is 17.0 Å². The summed E-state index contributed by atoms with van der Waals surface area (Å²) in [5.41, 5.74) is 7.10. The molecule has 1 atom stereocenters. The van der Waals surface area contributed by atoms with Crippen molar-refractivity contribution < 1.29 is 19.6 Å². The molecule has 1 aliphatic rings. The topological polar surface area (TPSA) is 147 Å². The van der Waals surface area contributed by atoms with Gasteiger partial charge in [-0.25, -0.2) is 9.78 Å². The highest BCUT2D eigenvalue weighted by atomic mass is 32.2. The maximum Gasteiger partial charge on any atom is 0.537 e. The van der Waals surface area contributed by atoms with Crippen molar-refractivity contribution >= 4 is 52.4 Å². The van der Waals surface area contributed by atoms with E-state index in [0.717, 1.165) is 0 Å². The van der Waals surface area contributed by atoms with Crippen LogP contribution in [0.5, 0.6) is 5.75 Å². The zero-order chi connectivity index (χ0) is 16.8. The number of nitrogens with zero attached hydrogens (tertiary/aromatic N) is 3. The SMILES string of the molecule is Nc1nnc(S[C@H]2Cc3cc4[nH]cnc4c(C(=O)O)c3OB2O)s1. The fourth-order valence-electron chi connectivity index (χ4n) is 2.62. The maximum absolute atomic E-state index is 11.6. The van der Waals surface area contributed by atoms with Gasteiger partial charge in [0.2, 0.25) is 5.13 Å². The van der Waals surface area contributed by atoms with Crippen LogP contribution in [-0.4, -0.2) is 48.5 Å². The van der Waals surface area contributed by atoms with Gasteiger partial charge in [0.1, 0.15) is 16.8 Å². The molecule has 9 nitrogen and oxygen atoms in total. The lowest BCUT2D eigenvalue weighted by Crippen LogP contribution is -2.40. The van der Waals surface area contributed by atoms with Crippen molar-refractivity contribution in [1.29, 1.82) is 0 Å². The van der Waals surface area contributed by atoms with Gasteiger partial charge in [0, 0.05) is 0 Å². The highest BCUT2D eigenvalue weighted by Gasteiger charge is 2.39. The number of nitrogens with two attached hydrogens (primary N) is 1. The van der Waals surface area contributed by atoms with Gasteiger partial charge in [-0.05, 0) is 18.1 Å². The molecule has 0 aliphatic carbocycles. The van der Waals surface area contributed by atoms with Crippen LogP contribution >= 0.6 is 23.1 Å². The summed E-state index contributed by atoms with van der Waals surface area (Å²) < 4.78 is 6.13. The number of hydrogen-bond donors (Lipinski definition) is 4. The normalized spacial score (nSPS) is 16.9. The standard InChI is InChI=1S/C12H10BN5O4S2/c14-11-17-18-12(24-11)23-6-2-4-1-5-8(16-3-15-5)7(10(19)20)9(4)22-13(6)21/h1,3,6,21H,2H2,(H2,14,17)(H,15,16)(H,19,20)/t6-/m0/s1. The van der Waals surface area contributed by atoms with Crippen LogP contribution in [0.15, 0.2) is 16.7 Å². The van der Waals surface area contributed by atoms with E-state index in [9.17, 15) is 14.9 Å². The van der Waals surface area contributed by atoms with Crippen molar-refractivity contribution in [3.8, 4) is 5.75 Å². The Hall–Kier alpha value is -2.31. The molecule has 2 aromatic heterocycles. The van der Waals surface area contributed by atoms with Gasteiger partial charge in [0.25, 0.3) is 0 Å². The van der Waals surface area contributed by atoms with Gasteiger partial charge >= 0.3 is 13.1 Å². The molecule has 3 aromatic rings. The number of carboxylic acid groups (broad SMARTS) is 1. The lowest BCUT2D eigenvalue weighted by Gasteiger charge is -2.27. The van der Waals surface area contributed by atoms with Crippen LogP contribution in [-0.2, 0) is 6.42 Å². The third-order valence-electron chi connectivity index (χ3n) is 3.61. The van der Waals surface area contributed by atoms with E-state index in [2.05, 4.69) is 20.2 Å². The van der Waals surface area contributed by atoms with Crippen LogP contribution < -0.4 is 10.4 Å². The van der Waals surface area contributed by atoms with Crippen LogP contribution in [0.4, 0.5) is 5.13 Å². The fourth-order valence-corrected chi connectivity index (χ4v) is 4.56. The molecule has 0 radical (unpaired) electrons. The van der Waals surface area contributed by atoms with Crippen LogP contribution in [0, 0.1) is 0 Å². The lowest BCUT2D eigenvalue weighted by molar-refractivity contribution is 0.0696. The molecule has 0 fully saturated rings. The third-order valence-corrected chi connectivity index (χ3v) is 5.68. The second-order valence-electron chi connectivity index (χ2n) is 5.12. The van der Waals surface area contributed by atoms with E-state index < -0.39 is 13.1 Å². The molecule has 0 saturated carbocycles. The Kier molecular flexibility index (Phi) is 3.59. The molecule has 0 spiro atoms. The number of aromatic amines is 1. The Morgan fingerprint density at radius 1 is 1.54 bits per heavy atom. The predicted octanol–water partition coefficient (Wildman–Crippen LogP) is 0.810. The fraction of sp³-hybridized carbons (Fsp3) is 0.167. The summed E-state index contributed by atoms with van der Waals surface area (Å²) in [5.74, 6) is -0.998. The number of benzene rings is 1. The highest BCUT2D eigenvalue weighted by Crippen LogP contribution is 2.39.